The minimum absolute atomic E-state index is 0.214. The molecule has 6 aromatic rings. The summed E-state index contributed by atoms with van der Waals surface area (Å²) in [5.41, 5.74) is 3.46. The first-order chi connectivity index (χ1) is 21.5. The fourth-order valence-corrected chi connectivity index (χ4v) is 9.11. The van der Waals surface area contributed by atoms with Crippen LogP contribution in [0.3, 0.4) is 0 Å². The standard InChI is InChI=1S/C36H32N2O5S2/c1-37(2)33-19-11-17-31-29(33)23-21-27(25-13-7-5-8-14-25)35(31)44(39,40)43-45(41,42)36-28(26-15-9-6-10-16-26)22-24-30-32(36)18-12-20-34(30)38(3)4/h5-24H,1-4H3. The molecule has 7 nitrogen and oxygen atoms in total. The summed E-state index contributed by atoms with van der Waals surface area (Å²) in [6, 6.07) is 35.7. The molecule has 0 spiro atoms. The summed E-state index contributed by atoms with van der Waals surface area (Å²) in [5.74, 6) is 0. The van der Waals surface area contributed by atoms with Gasteiger partial charge in [0.15, 0.2) is 0 Å². The summed E-state index contributed by atoms with van der Waals surface area (Å²) in [7, 11) is -2.39. The number of benzene rings is 6. The Bertz CT molecular complexity index is 2110. The second-order valence-corrected chi connectivity index (χ2v) is 14.3. The molecule has 0 saturated heterocycles. The summed E-state index contributed by atoms with van der Waals surface area (Å²) in [6.45, 7) is 0. The molecule has 0 aliphatic rings. The summed E-state index contributed by atoms with van der Waals surface area (Å²) in [6.07, 6.45) is 0. The second-order valence-electron chi connectivity index (χ2n) is 11.1. The Morgan fingerprint density at radius 2 is 0.800 bits per heavy atom. The van der Waals surface area contributed by atoms with E-state index in [4.69, 9.17) is 3.63 Å². The highest BCUT2D eigenvalue weighted by atomic mass is 32.3. The minimum atomic E-state index is -4.92. The third-order valence-corrected chi connectivity index (χ3v) is 11.1. The molecule has 0 aliphatic heterocycles. The Labute approximate surface area is 264 Å². The van der Waals surface area contributed by atoms with E-state index in [0.29, 0.717) is 43.8 Å². The largest absolute Gasteiger partial charge is 0.377 e. The molecule has 0 amide bonds. The normalized spacial score (nSPS) is 12.0. The van der Waals surface area contributed by atoms with Gasteiger partial charge in [0.2, 0.25) is 0 Å². The fraction of sp³-hybridized carbons (Fsp3) is 0.111. The van der Waals surface area contributed by atoms with Crippen LogP contribution >= 0.6 is 0 Å². The third-order valence-electron chi connectivity index (χ3n) is 7.79. The van der Waals surface area contributed by atoms with Crippen molar-refractivity contribution >= 4 is 53.2 Å². The van der Waals surface area contributed by atoms with Crippen LogP contribution in [0.15, 0.2) is 131 Å². The second kappa shape index (κ2) is 11.7. The molecule has 0 heterocycles. The van der Waals surface area contributed by atoms with Crippen molar-refractivity contribution in [3.8, 4) is 22.3 Å². The van der Waals surface area contributed by atoms with Crippen molar-refractivity contribution in [3.05, 3.63) is 121 Å². The van der Waals surface area contributed by atoms with Gasteiger partial charge in [-0.05, 0) is 23.3 Å². The Kier molecular flexibility index (Phi) is 7.86. The Balaban J connectivity index is 1.62. The lowest BCUT2D eigenvalue weighted by atomic mass is 10.00. The van der Waals surface area contributed by atoms with Gasteiger partial charge in [0.1, 0.15) is 9.79 Å². The highest BCUT2D eigenvalue weighted by molar-refractivity contribution is 8.00. The summed E-state index contributed by atoms with van der Waals surface area (Å²) in [5, 5.41) is 2.00. The van der Waals surface area contributed by atoms with Crippen LogP contribution in [-0.4, -0.2) is 45.0 Å². The molecular weight excluding hydrogens is 605 g/mol. The molecule has 0 unspecified atom stereocenters. The Morgan fingerprint density at radius 3 is 1.16 bits per heavy atom. The van der Waals surface area contributed by atoms with Crippen LogP contribution < -0.4 is 9.80 Å². The van der Waals surface area contributed by atoms with Crippen molar-refractivity contribution in [2.24, 2.45) is 0 Å². The van der Waals surface area contributed by atoms with Crippen molar-refractivity contribution in [3.63, 3.8) is 0 Å². The zero-order valence-corrected chi connectivity index (χ0v) is 26.9. The molecule has 0 aliphatic carbocycles. The van der Waals surface area contributed by atoms with Crippen LogP contribution in [0.4, 0.5) is 11.4 Å². The van der Waals surface area contributed by atoms with Crippen molar-refractivity contribution < 1.29 is 20.5 Å². The number of rotatable bonds is 8. The van der Waals surface area contributed by atoms with Gasteiger partial charge < -0.3 is 9.80 Å². The average molecular weight is 637 g/mol. The average Bonchev–Trinajstić information content (AvgIpc) is 3.03. The highest BCUT2D eigenvalue weighted by Crippen LogP contribution is 2.42. The van der Waals surface area contributed by atoms with E-state index in [2.05, 4.69) is 0 Å². The van der Waals surface area contributed by atoms with E-state index in [1.807, 2.05) is 74.4 Å². The van der Waals surface area contributed by atoms with Gasteiger partial charge >= 0.3 is 20.2 Å². The van der Waals surface area contributed by atoms with Crippen LogP contribution in [-0.2, 0) is 23.9 Å². The lowest BCUT2D eigenvalue weighted by molar-refractivity contribution is 0.463. The number of fused-ring (bicyclic) bond motifs is 2. The first-order valence-corrected chi connectivity index (χ1v) is 17.1. The molecule has 0 atom stereocenters. The minimum Gasteiger partial charge on any atom is -0.377 e. The molecule has 228 valence electrons. The molecule has 0 N–H and O–H groups in total. The molecule has 9 heteroatoms. The zero-order chi connectivity index (χ0) is 31.9. The molecule has 0 saturated carbocycles. The van der Waals surface area contributed by atoms with E-state index in [-0.39, 0.29) is 9.79 Å². The fourth-order valence-electron chi connectivity index (χ4n) is 5.82. The first kappa shape index (κ1) is 30.3. The van der Waals surface area contributed by atoms with E-state index in [9.17, 15) is 16.8 Å². The number of hydrogen-bond donors (Lipinski definition) is 0. The maximum atomic E-state index is 14.4. The molecule has 0 fully saturated rings. The molecule has 0 bridgehead atoms. The zero-order valence-electron chi connectivity index (χ0n) is 25.3. The Morgan fingerprint density at radius 1 is 0.422 bits per heavy atom. The SMILES string of the molecule is CN(C)c1cccc2c(S(=O)(=O)OS(=O)(=O)c3c(-c4ccccc4)ccc4c(N(C)C)cccc34)c(-c3ccccc3)ccc12. The van der Waals surface area contributed by atoms with Gasteiger partial charge in [-0.3, -0.25) is 0 Å². The van der Waals surface area contributed by atoms with E-state index in [1.54, 1.807) is 84.9 Å². The van der Waals surface area contributed by atoms with Gasteiger partial charge in [-0.2, -0.15) is 16.8 Å². The van der Waals surface area contributed by atoms with Crippen LogP contribution in [0.1, 0.15) is 0 Å². The van der Waals surface area contributed by atoms with E-state index < -0.39 is 20.2 Å². The predicted octanol–water partition coefficient (Wildman–Crippen LogP) is 7.55. The van der Waals surface area contributed by atoms with E-state index in [1.165, 1.54) is 0 Å². The van der Waals surface area contributed by atoms with Crippen molar-refractivity contribution in [2.75, 3.05) is 38.0 Å². The molecule has 0 radical (unpaired) electrons. The van der Waals surface area contributed by atoms with Crippen molar-refractivity contribution in [1.29, 1.82) is 0 Å². The third kappa shape index (κ3) is 5.55. The lowest BCUT2D eigenvalue weighted by Crippen LogP contribution is -2.17. The van der Waals surface area contributed by atoms with Gasteiger partial charge in [0, 0.05) is 72.2 Å². The molecule has 45 heavy (non-hydrogen) atoms. The summed E-state index contributed by atoms with van der Waals surface area (Å²) in [4.78, 5) is 3.33. The van der Waals surface area contributed by atoms with Gasteiger partial charge in [-0.1, -0.05) is 109 Å². The molecule has 6 rings (SSSR count). The van der Waals surface area contributed by atoms with Crippen molar-refractivity contribution in [1.82, 2.24) is 0 Å². The van der Waals surface area contributed by atoms with Crippen LogP contribution in [0.2, 0.25) is 0 Å². The quantitative estimate of drug-likeness (QED) is 0.171. The molecule has 0 aromatic heterocycles. The smallest absolute Gasteiger partial charge is 0.312 e. The van der Waals surface area contributed by atoms with Gasteiger partial charge in [0.05, 0.1) is 0 Å². The monoisotopic (exact) mass is 636 g/mol. The van der Waals surface area contributed by atoms with Gasteiger partial charge in [-0.15, -0.1) is 3.63 Å². The van der Waals surface area contributed by atoms with Crippen LogP contribution in [0.25, 0.3) is 43.8 Å². The molecular formula is C36H32N2O5S2. The lowest BCUT2D eigenvalue weighted by Gasteiger charge is -2.20. The number of hydrogen-bond acceptors (Lipinski definition) is 7. The van der Waals surface area contributed by atoms with E-state index in [0.717, 1.165) is 11.4 Å². The van der Waals surface area contributed by atoms with E-state index >= 15 is 0 Å². The number of nitrogens with zero attached hydrogens (tertiary/aromatic N) is 2. The first-order valence-electron chi connectivity index (χ1n) is 14.3. The number of anilines is 2. The predicted molar refractivity (Wildman–Crippen MR) is 183 cm³/mol. The maximum Gasteiger partial charge on any atom is 0.312 e. The van der Waals surface area contributed by atoms with Gasteiger partial charge in [-0.25, -0.2) is 0 Å². The maximum absolute atomic E-state index is 14.4. The molecule has 6 aromatic carbocycles. The summed E-state index contributed by atoms with van der Waals surface area (Å²) >= 11 is 0. The van der Waals surface area contributed by atoms with Crippen LogP contribution in [0.5, 0.6) is 0 Å². The topological polar surface area (TPSA) is 84.0 Å². The van der Waals surface area contributed by atoms with Gasteiger partial charge in [0.25, 0.3) is 0 Å². The summed E-state index contributed by atoms with van der Waals surface area (Å²) < 4.78 is 63.2. The Hall–Kier alpha value is -4.70. The van der Waals surface area contributed by atoms with Crippen molar-refractivity contribution in [2.45, 2.75) is 9.79 Å². The highest BCUT2D eigenvalue weighted by Gasteiger charge is 2.34. The van der Waals surface area contributed by atoms with Crippen LogP contribution in [0, 0.1) is 0 Å².